The Hall–Kier alpha value is -1.55. The molecule has 1 aromatic carbocycles. The van der Waals surface area contributed by atoms with Gasteiger partial charge in [0.2, 0.25) is 0 Å². The lowest BCUT2D eigenvalue weighted by Gasteiger charge is -2.37. The van der Waals surface area contributed by atoms with Crippen LogP contribution in [0.3, 0.4) is 0 Å². The number of nitrogens with one attached hydrogen (secondary N) is 1. The van der Waals surface area contributed by atoms with Crippen LogP contribution in [0.1, 0.15) is 32.8 Å². The van der Waals surface area contributed by atoms with Gasteiger partial charge in [-0.25, -0.2) is 4.79 Å². The van der Waals surface area contributed by atoms with Crippen molar-refractivity contribution < 1.29 is 4.79 Å². The minimum absolute atomic E-state index is 0.0545. The van der Waals surface area contributed by atoms with Crippen molar-refractivity contribution in [1.82, 2.24) is 10.2 Å². The quantitative estimate of drug-likeness (QED) is 0.827. The fourth-order valence-corrected chi connectivity index (χ4v) is 1.88. The molecule has 4 heteroatoms. The summed E-state index contributed by atoms with van der Waals surface area (Å²) in [6.07, 6.45) is 0.919. The highest BCUT2D eigenvalue weighted by atomic mass is 16.2. The van der Waals surface area contributed by atoms with Gasteiger partial charge in [-0.3, -0.25) is 0 Å². The Bertz CT molecular complexity index is 390. The van der Waals surface area contributed by atoms with Gasteiger partial charge in [-0.15, -0.1) is 0 Å². The zero-order chi connectivity index (χ0) is 14.3. The van der Waals surface area contributed by atoms with Crippen LogP contribution in [0.5, 0.6) is 0 Å². The minimum Gasteiger partial charge on any atom is -0.334 e. The largest absolute Gasteiger partial charge is 0.334 e. The molecule has 0 saturated heterocycles. The van der Waals surface area contributed by atoms with Crippen molar-refractivity contribution in [3.8, 4) is 0 Å². The van der Waals surface area contributed by atoms with Gasteiger partial charge in [0, 0.05) is 19.6 Å². The molecule has 4 nitrogen and oxygen atoms in total. The number of hydrogen-bond donors (Lipinski definition) is 2. The highest BCUT2D eigenvalue weighted by molar-refractivity contribution is 5.75. The van der Waals surface area contributed by atoms with E-state index in [0.29, 0.717) is 19.6 Å². The average Bonchev–Trinajstić information content (AvgIpc) is 2.43. The number of benzene rings is 1. The van der Waals surface area contributed by atoms with Crippen molar-refractivity contribution in [1.29, 1.82) is 0 Å². The SMILES string of the molecule is CCCN(C(=O)NCc1ccccc1)C(C)(C)CN. The molecule has 0 unspecified atom stereocenters. The first-order chi connectivity index (χ1) is 9.01. The van der Waals surface area contributed by atoms with Gasteiger partial charge in [-0.1, -0.05) is 37.3 Å². The van der Waals surface area contributed by atoms with Crippen molar-refractivity contribution in [3.05, 3.63) is 35.9 Å². The highest BCUT2D eigenvalue weighted by Crippen LogP contribution is 2.13. The van der Waals surface area contributed by atoms with E-state index in [0.717, 1.165) is 12.0 Å². The van der Waals surface area contributed by atoms with Crippen molar-refractivity contribution in [3.63, 3.8) is 0 Å². The van der Waals surface area contributed by atoms with E-state index >= 15 is 0 Å². The van der Waals surface area contributed by atoms with Crippen LogP contribution in [0.15, 0.2) is 30.3 Å². The van der Waals surface area contributed by atoms with Gasteiger partial charge < -0.3 is 16.0 Å². The summed E-state index contributed by atoms with van der Waals surface area (Å²) >= 11 is 0. The third-order valence-corrected chi connectivity index (χ3v) is 3.21. The van der Waals surface area contributed by atoms with Crippen LogP contribution in [0.25, 0.3) is 0 Å². The maximum absolute atomic E-state index is 12.3. The van der Waals surface area contributed by atoms with Gasteiger partial charge in [0.1, 0.15) is 0 Å². The molecular weight excluding hydrogens is 238 g/mol. The van der Waals surface area contributed by atoms with E-state index in [2.05, 4.69) is 12.2 Å². The summed E-state index contributed by atoms with van der Waals surface area (Å²) in [5.74, 6) is 0. The zero-order valence-corrected chi connectivity index (χ0v) is 12.1. The van der Waals surface area contributed by atoms with Gasteiger partial charge in [0.05, 0.1) is 5.54 Å². The van der Waals surface area contributed by atoms with Gasteiger partial charge in [-0.05, 0) is 25.8 Å². The molecule has 0 aromatic heterocycles. The lowest BCUT2D eigenvalue weighted by atomic mass is 10.0. The van der Waals surface area contributed by atoms with E-state index in [9.17, 15) is 4.79 Å². The average molecular weight is 263 g/mol. The summed E-state index contributed by atoms with van der Waals surface area (Å²) in [4.78, 5) is 14.1. The number of amides is 2. The van der Waals surface area contributed by atoms with E-state index in [1.165, 1.54) is 0 Å². The number of nitrogens with two attached hydrogens (primary N) is 1. The summed E-state index contributed by atoms with van der Waals surface area (Å²) in [5, 5.41) is 2.96. The maximum Gasteiger partial charge on any atom is 0.318 e. The molecule has 19 heavy (non-hydrogen) atoms. The summed E-state index contributed by atoms with van der Waals surface area (Å²) in [6.45, 7) is 7.75. The number of carbonyl (C=O) groups excluding carboxylic acids is 1. The van der Waals surface area contributed by atoms with Crippen LogP contribution in [0, 0.1) is 0 Å². The van der Waals surface area contributed by atoms with E-state index in [4.69, 9.17) is 5.73 Å². The lowest BCUT2D eigenvalue weighted by molar-refractivity contribution is 0.138. The van der Waals surface area contributed by atoms with Crippen molar-refractivity contribution in [2.45, 2.75) is 39.3 Å². The molecule has 0 saturated carbocycles. The number of hydrogen-bond acceptors (Lipinski definition) is 2. The summed E-state index contributed by atoms with van der Waals surface area (Å²) in [5.41, 5.74) is 6.53. The van der Waals surface area contributed by atoms with E-state index in [-0.39, 0.29) is 11.6 Å². The van der Waals surface area contributed by atoms with Crippen LogP contribution in [-0.2, 0) is 6.54 Å². The molecule has 0 atom stereocenters. The number of nitrogens with zero attached hydrogens (tertiary/aromatic N) is 1. The second-order valence-corrected chi connectivity index (χ2v) is 5.31. The predicted octanol–water partition coefficient (Wildman–Crippen LogP) is 2.35. The number of carbonyl (C=O) groups is 1. The van der Waals surface area contributed by atoms with Crippen LogP contribution in [0.2, 0.25) is 0 Å². The molecule has 0 fully saturated rings. The van der Waals surface area contributed by atoms with Crippen molar-refractivity contribution in [2.75, 3.05) is 13.1 Å². The Labute approximate surface area is 116 Å². The first-order valence-electron chi connectivity index (χ1n) is 6.80. The molecule has 0 radical (unpaired) electrons. The molecule has 1 aromatic rings. The maximum atomic E-state index is 12.3. The molecule has 1 rings (SSSR count). The fraction of sp³-hybridized carbons (Fsp3) is 0.533. The molecule has 0 bridgehead atoms. The second-order valence-electron chi connectivity index (χ2n) is 5.31. The third kappa shape index (κ3) is 4.56. The molecule has 0 aliphatic rings. The highest BCUT2D eigenvalue weighted by Gasteiger charge is 2.28. The molecule has 0 aliphatic carbocycles. The monoisotopic (exact) mass is 263 g/mol. The Morgan fingerprint density at radius 2 is 1.95 bits per heavy atom. The fourth-order valence-electron chi connectivity index (χ4n) is 1.88. The zero-order valence-electron chi connectivity index (χ0n) is 12.1. The Kier molecular flexibility index (Phi) is 5.83. The van der Waals surface area contributed by atoms with Crippen molar-refractivity contribution in [2.24, 2.45) is 5.73 Å². The molecule has 106 valence electrons. The number of rotatable bonds is 6. The molecular formula is C15H25N3O. The molecule has 0 heterocycles. The van der Waals surface area contributed by atoms with E-state index in [1.807, 2.05) is 49.1 Å². The van der Waals surface area contributed by atoms with Crippen LogP contribution in [-0.4, -0.2) is 29.6 Å². The van der Waals surface area contributed by atoms with Crippen LogP contribution in [0.4, 0.5) is 4.79 Å². The predicted molar refractivity (Wildman–Crippen MR) is 78.8 cm³/mol. The van der Waals surface area contributed by atoms with E-state index < -0.39 is 0 Å². The van der Waals surface area contributed by atoms with Gasteiger partial charge in [0.25, 0.3) is 0 Å². The lowest BCUT2D eigenvalue weighted by Crippen LogP contribution is -2.55. The van der Waals surface area contributed by atoms with Gasteiger partial charge in [0.15, 0.2) is 0 Å². The molecule has 0 spiro atoms. The Morgan fingerprint density at radius 1 is 1.32 bits per heavy atom. The van der Waals surface area contributed by atoms with E-state index in [1.54, 1.807) is 0 Å². The third-order valence-electron chi connectivity index (χ3n) is 3.21. The minimum atomic E-state index is -0.323. The smallest absolute Gasteiger partial charge is 0.318 e. The van der Waals surface area contributed by atoms with Crippen molar-refractivity contribution >= 4 is 6.03 Å². The molecule has 2 amide bonds. The van der Waals surface area contributed by atoms with Crippen LogP contribution < -0.4 is 11.1 Å². The molecule has 3 N–H and O–H groups in total. The Morgan fingerprint density at radius 3 is 2.47 bits per heavy atom. The van der Waals surface area contributed by atoms with Gasteiger partial charge in [-0.2, -0.15) is 0 Å². The second kappa shape index (κ2) is 7.14. The summed E-state index contributed by atoms with van der Waals surface area (Å²) in [6, 6.07) is 9.84. The standard InChI is InChI=1S/C15H25N3O/c1-4-10-18(15(2,3)12-16)14(19)17-11-13-8-6-5-7-9-13/h5-9H,4,10-12,16H2,1-3H3,(H,17,19). The van der Waals surface area contributed by atoms with Crippen LogP contribution >= 0.6 is 0 Å². The normalized spacial score (nSPS) is 11.2. The summed E-state index contributed by atoms with van der Waals surface area (Å²) in [7, 11) is 0. The topological polar surface area (TPSA) is 58.4 Å². The summed E-state index contributed by atoms with van der Waals surface area (Å²) < 4.78 is 0. The first kappa shape index (κ1) is 15.5. The number of urea groups is 1. The van der Waals surface area contributed by atoms with Gasteiger partial charge >= 0.3 is 6.03 Å². The molecule has 0 aliphatic heterocycles. The Balaban J connectivity index is 2.63. The first-order valence-corrected chi connectivity index (χ1v) is 6.80.